The average molecular weight is 460 g/mol. The molecular formula is C29H24F3NO. The Bertz CT molecular complexity index is 1250. The second kappa shape index (κ2) is 10.4. The summed E-state index contributed by atoms with van der Waals surface area (Å²) in [6.45, 7) is 0.421. The Morgan fingerprint density at radius 2 is 1.41 bits per heavy atom. The van der Waals surface area contributed by atoms with Gasteiger partial charge in [-0.2, -0.15) is 13.2 Å². The molecule has 0 aromatic heterocycles. The highest BCUT2D eigenvalue weighted by atomic mass is 19.4. The van der Waals surface area contributed by atoms with Gasteiger partial charge in [-0.05, 0) is 51.6 Å². The summed E-state index contributed by atoms with van der Waals surface area (Å²) in [5, 5.41) is 0. The van der Waals surface area contributed by atoms with E-state index in [1.807, 2.05) is 103 Å². The number of halogens is 3. The van der Waals surface area contributed by atoms with E-state index in [2.05, 4.69) is 0 Å². The van der Waals surface area contributed by atoms with E-state index < -0.39 is 12.2 Å². The van der Waals surface area contributed by atoms with Crippen LogP contribution in [-0.2, 0) is 6.61 Å². The average Bonchev–Trinajstić information content (AvgIpc) is 2.86. The second-order valence-corrected chi connectivity index (χ2v) is 7.90. The Morgan fingerprint density at radius 3 is 2.12 bits per heavy atom. The third kappa shape index (κ3) is 5.94. The van der Waals surface area contributed by atoms with E-state index in [1.54, 1.807) is 0 Å². The van der Waals surface area contributed by atoms with Crippen molar-refractivity contribution >= 4 is 6.08 Å². The lowest BCUT2D eigenvalue weighted by molar-refractivity contribution is -0.136. The molecule has 34 heavy (non-hydrogen) atoms. The number of hydrogen-bond acceptors (Lipinski definition) is 2. The first-order valence-corrected chi connectivity index (χ1v) is 10.9. The summed E-state index contributed by atoms with van der Waals surface area (Å²) in [5.41, 5.74) is 10.5. The van der Waals surface area contributed by atoms with Crippen molar-refractivity contribution in [3.05, 3.63) is 120 Å². The van der Waals surface area contributed by atoms with Crippen LogP contribution in [0, 0.1) is 0 Å². The molecule has 0 aliphatic rings. The van der Waals surface area contributed by atoms with E-state index in [0.717, 1.165) is 33.9 Å². The molecule has 0 amide bonds. The summed E-state index contributed by atoms with van der Waals surface area (Å²) in [6.07, 6.45) is -2.07. The summed E-state index contributed by atoms with van der Waals surface area (Å²) in [4.78, 5) is 0. The van der Waals surface area contributed by atoms with Crippen molar-refractivity contribution in [1.29, 1.82) is 0 Å². The number of benzene rings is 4. The van der Waals surface area contributed by atoms with Gasteiger partial charge in [0, 0.05) is 0 Å². The third-order valence-electron chi connectivity index (χ3n) is 5.41. The minimum atomic E-state index is -4.50. The molecule has 172 valence electrons. The van der Waals surface area contributed by atoms with Gasteiger partial charge in [0.1, 0.15) is 18.4 Å². The molecule has 5 heteroatoms. The predicted molar refractivity (Wildman–Crippen MR) is 131 cm³/mol. The van der Waals surface area contributed by atoms with E-state index in [1.165, 1.54) is 6.08 Å². The van der Waals surface area contributed by atoms with Crippen molar-refractivity contribution in [2.45, 2.75) is 18.8 Å². The van der Waals surface area contributed by atoms with Crippen LogP contribution in [0.5, 0.6) is 5.75 Å². The van der Waals surface area contributed by atoms with Crippen LogP contribution in [-0.4, -0.2) is 12.2 Å². The molecule has 0 spiro atoms. The van der Waals surface area contributed by atoms with Crippen LogP contribution in [0.25, 0.3) is 28.3 Å². The van der Waals surface area contributed by atoms with Gasteiger partial charge < -0.3 is 10.5 Å². The largest absolute Gasteiger partial charge is 0.489 e. The first-order chi connectivity index (χ1) is 16.4. The molecule has 0 aliphatic heterocycles. The second-order valence-electron chi connectivity index (χ2n) is 7.90. The summed E-state index contributed by atoms with van der Waals surface area (Å²) in [7, 11) is 0. The fourth-order valence-corrected chi connectivity index (χ4v) is 3.58. The molecule has 0 fully saturated rings. The van der Waals surface area contributed by atoms with Gasteiger partial charge in [-0.3, -0.25) is 0 Å². The zero-order valence-corrected chi connectivity index (χ0v) is 18.4. The van der Waals surface area contributed by atoms with Crippen LogP contribution in [0.4, 0.5) is 13.2 Å². The highest BCUT2D eigenvalue weighted by Gasteiger charge is 2.34. The fourth-order valence-electron chi connectivity index (χ4n) is 3.58. The molecule has 4 aromatic rings. The van der Waals surface area contributed by atoms with E-state index in [-0.39, 0.29) is 0 Å². The van der Waals surface area contributed by atoms with Crippen molar-refractivity contribution < 1.29 is 17.9 Å². The van der Waals surface area contributed by atoms with Gasteiger partial charge >= 0.3 is 6.18 Å². The zero-order chi connectivity index (χ0) is 24.0. The quantitative estimate of drug-likeness (QED) is 0.311. The van der Waals surface area contributed by atoms with Gasteiger partial charge in [-0.15, -0.1) is 0 Å². The molecule has 0 aliphatic carbocycles. The summed E-state index contributed by atoms with van der Waals surface area (Å²) < 4.78 is 45.0. The van der Waals surface area contributed by atoms with Gasteiger partial charge in [-0.25, -0.2) is 0 Å². The first kappa shape index (κ1) is 23.3. The number of hydrogen-bond donors (Lipinski definition) is 1. The number of rotatable bonds is 7. The maximum Gasteiger partial charge on any atom is 0.407 e. The lowest BCUT2D eigenvalue weighted by Gasteiger charge is -2.14. The van der Waals surface area contributed by atoms with Gasteiger partial charge in [0.15, 0.2) is 0 Å². The summed E-state index contributed by atoms with van der Waals surface area (Å²) in [6, 6.07) is 30.8. The van der Waals surface area contributed by atoms with Gasteiger partial charge in [-0.1, -0.05) is 97.1 Å². The monoisotopic (exact) mass is 459 g/mol. The van der Waals surface area contributed by atoms with Crippen LogP contribution >= 0.6 is 0 Å². The smallest absolute Gasteiger partial charge is 0.407 e. The Morgan fingerprint density at radius 1 is 0.735 bits per heavy atom. The summed E-state index contributed by atoms with van der Waals surface area (Å²) in [5.74, 6) is 0.676. The molecular weight excluding hydrogens is 435 g/mol. The fraction of sp³-hybridized carbons (Fsp3) is 0.103. The van der Waals surface area contributed by atoms with Crippen LogP contribution in [0.2, 0.25) is 0 Å². The van der Waals surface area contributed by atoms with Crippen molar-refractivity contribution in [1.82, 2.24) is 0 Å². The number of nitrogens with two attached hydrogens (primary N) is 1. The van der Waals surface area contributed by atoms with Crippen LogP contribution in [0.15, 0.2) is 109 Å². The molecule has 1 unspecified atom stereocenters. The molecule has 0 heterocycles. The van der Waals surface area contributed by atoms with E-state index >= 15 is 0 Å². The normalized spacial score (nSPS) is 12.6. The Labute approximate surface area is 197 Å². The standard InChI is InChI=1S/C29H24F3NO/c30-29(31,32)28(33)17-15-25-18-23(22-10-5-2-6-11-22)14-16-27(25)24-12-7-13-26(19-24)34-20-21-8-3-1-4-9-21/h1-19,28H,20,33H2. The highest BCUT2D eigenvalue weighted by molar-refractivity contribution is 5.80. The highest BCUT2D eigenvalue weighted by Crippen LogP contribution is 2.32. The molecule has 4 rings (SSSR count). The van der Waals surface area contributed by atoms with Crippen molar-refractivity contribution in [3.63, 3.8) is 0 Å². The summed E-state index contributed by atoms with van der Waals surface area (Å²) >= 11 is 0. The van der Waals surface area contributed by atoms with Crippen LogP contribution in [0.1, 0.15) is 11.1 Å². The Kier molecular flexibility index (Phi) is 7.14. The van der Waals surface area contributed by atoms with Crippen molar-refractivity contribution in [3.8, 4) is 28.0 Å². The minimum absolute atomic E-state index is 0.421. The topological polar surface area (TPSA) is 35.2 Å². The van der Waals surface area contributed by atoms with E-state index in [0.29, 0.717) is 17.9 Å². The molecule has 2 N–H and O–H groups in total. The van der Waals surface area contributed by atoms with Crippen molar-refractivity contribution in [2.75, 3.05) is 0 Å². The van der Waals surface area contributed by atoms with Gasteiger partial charge in [0.2, 0.25) is 0 Å². The minimum Gasteiger partial charge on any atom is -0.489 e. The van der Waals surface area contributed by atoms with E-state index in [9.17, 15) is 13.2 Å². The molecule has 0 saturated heterocycles. The van der Waals surface area contributed by atoms with E-state index in [4.69, 9.17) is 10.5 Å². The maximum atomic E-state index is 13.0. The molecule has 0 bridgehead atoms. The molecule has 4 aromatic carbocycles. The Balaban J connectivity index is 1.68. The third-order valence-corrected chi connectivity index (χ3v) is 5.41. The lowest BCUT2D eigenvalue weighted by atomic mass is 9.94. The molecule has 0 radical (unpaired) electrons. The molecule has 0 saturated carbocycles. The van der Waals surface area contributed by atoms with Gasteiger partial charge in [0.05, 0.1) is 0 Å². The van der Waals surface area contributed by atoms with Gasteiger partial charge in [0.25, 0.3) is 0 Å². The SMILES string of the molecule is NC(C=Cc1cc(-c2ccccc2)ccc1-c1cccc(OCc2ccccc2)c1)C(F)(F)F. The zero-order valence-electron chi connectivity index (χ0n) is 18.4. The first-order valence-electron chi connectivity index (χ1n) is 10.9. The number of ether oxygens (including phenoxy) is 1. The van der Waals surface area contributed by atoms with Crippen LogP contribution in [0.3, 0.4) is 0 Å². The predicted octanol–water partition coefficient (Wildman–Crippen LogP) is 7.50. The maximum absolute atomic E-state index is 13.0. The van der Waals surface area contributed by atoms with Crippen molar-refractivity contribution in [2.24, 2.45) is 5.73 Å². The number of alkyl halides is 3. The van der Waals surface area contributed by atoms with Crippen LogP contribution < -0.4 is 10.5 Å². The molecule has 2 nitrogen and oxygen atoms in total. The lowest BCUT2D eigenvalue weighted by Crippen LogP contribution is -2.35. The Hall–Kier alpha value is -3.83. The molecule has 1 atom stereocenters.